The van der Waals surface area contributed by atoms with Crippen LogP contribution in [0.3, 0.4) is 0 Å². The molecule has 178 valence electrons. The van der Waals surface area contributed by atoms with Crippen molar-refractivity contribution in [2.45, 2.75) is 56.9 Å². The van der Waals surface area contributed by atoms with Crippen molar-refractivity contribution in [3.63, 3.8) is 0 Å². The molecule has 0 aromatic heterocycles. The first-order valence-corrected chi connectivity index (χ1v) is 9.87. The molecule has 1 aromatic carbocycles. The second kappa shape index (κ2) is 11.9. The lowest BCUT2D eigenvalue weighted by molar-refractivity contribution is -0.287. The van der Waals surface area contributed by atoms with Gasteiger partial charge in [-0.3, -0.25) is 14.4 Å². The molecule has 0 bridgehead atoms. The van der Waals surface area contributed by atoms with Crippen molar-refractivity contribution in [1.29, 1.82) is 0 Å². The minimum atomic E-state index is -1.75. The van der Waals surface area contributed by atoms with Crippen LogP contribution in [0.5, 0.6) is 11.5 Å². The summed E-state index contributed by atoms with van der Waals surface area (Å²) in [6.07, 6.45) is -8.20. The van der Waals surface area contributed by atoms with Crippen LogP contribution in [0, 0.1) is 0 Å². The quantitative estimate of drug-likeness (QED) is 0.205. The zero-order valence-electron chi connectivity index (χ0n) is 17.4. The molecule has 12 heteroatoms. The van der Waals surface area contributed by atoms with Gasteiger partial charge in [0.15, 0.2) is 17.8 Å². The first-order chi connectivity index (χ1) is 15.1. The maximum absolute atomic E-state index is 12.1. The zero-order valence-corrected chi connectivity index (χ0v) is 17.4. The summed E-state index contributed by atoms with van der Waals surface area (Å²) in [7, 11) is 0. The van der Waals surface area contributed by atoms with Crippen molar-refractivity contribution in [1.82, 2.24) is 0 Å². The average Bonchev–Trinajstić information content (AvgIpc) is 2.74. The lowest BCUT2D eigenvalue weighted by atomic mass is 9.99. The molecule has 32 heavy (non-hydrogen) atoms. The minimum absolute atomic E-state index is 0.000371. The van der Waals surface area contributed by atoms with Gasteiger partial charge in [0.25, 0.3) is 0 Å². The summed E-state index contributed by atoms with van der Waals surface area (Å²) in [4.78, 5) is 35.3. The molecule has 1 heterocycles. The number of nitrogens with two attached hydrogens (primary N) is 1. The number of ether oxygens (including phenoxy) is 4. The van der Waals surface area contributed by atoms with Gasteiger partial charge in [-0.1, -0.05) is 6.07 Å². The SMILES string of the molecule is CC(=O)Oc1cc(CCN)ccc1OC(=O)CCC(=O)OC[C@H]1O[C@@H](O)[C@H](O)[C@@H](O)[C@@H]1O. The summed E-state index contributed by atoms with van der Waals surface area (Å²) < 4.78 is 20.0. The lowest BCUT2D eigenvalue weighted by Gasteiger charge is -2.37. The molecule has 1 saturated heterocycles. The molecule has 1 aliphatic rings. The highest BCUT2D eigenvalue weighted by Gasteiger charge is 2.43. The number of rotatable bonds is 9. The van der Waals surface area contributed by atoms with Crippen molar-refractivity contribution < 1.29 is 53.8 Å². The Balaban J connectivity index is 1.85. The standard InChI is InChI=1S/C20H27NO11/c1-10(22)30-13-8-11(6-7-21)2-3-12(13)31-16(24)5-4-15(23)29-9-14-17(25)18(26)19(27)20(28)32-14/h2-3,8,14,17-20,25-28H,4-7,9,21H2,1H3/t14-,17-,18+,19-,20-/m1/s1. The molecule has 0 radical (unpaired) electrons. The minimum Gasteiger partial charge on any atom is -0.463 e. The molecule has 0 saturated carbocycles. The lowest BCUT2D eigenvalue weighted by Crippen LogP contribution is -2.58. The van der Waals surface area contributed by atoms with Gasteiger partial charge in [-0.05, 0) is 30.7 Å². The van der Waals surface area contributed by atoms with Gasteiger partial charge in [0.1, 0.15) is 31.0 Å². The van der Waals surface area contributed by atoms with Gasteiger partial charge in [-0.2, -0.15) is 0 Å². The summed E-state index contributed by atoms with van der Waals surface area (Å²) in [6.45, 7) is 1.06. The van der Waals surface area contributed by atoms with Crippen LogP contribution in [0.15, 0.2) is 18.2 Å². The smallest absolute Gasteiger partial charge is 0.311 e. The third-order valence-electron chi connectivity index (χ3n) is 4.55. The number of hydrogen-bond acceptors (Lipinski definition) is 12. The van der Waals surface area contributed by atoms with E-state index in [2.05, 4.69) is 0 Å². The number of aliphatic hydroxyl groups is 4. The number of carbonyl (C=O) groups is 3. The van der Waals surface area contributed by atoms with Crippen molar-refractivity contribution >= 4 is 17.9 Å². The van der Waals surface area contributed by atoms with Crippen LogP contribution in [0.1, 0.15) is 25.3 Å². The third kappa shape index (κ3) is 7.22. The van der Waals surface area contributed by atoms with Crippen molar-refractivity contribution in [3.8, 4) is 11.5 Å². The third-order valence-corrected chi connectivity index (χ3v) is 4.55. The molecule has 12 nitrogen and oxygen atoms in total. The molecule has 0 unspecified atom stereocenters. The fraction of sp³-hybridized carbons (Fsp3) is 0.550. The Morgan fingerprint density at radius 2 is 1.66 bits per heavy atom. The van der Waals surface area contributed by atoms with Crippen LogP contribution in [-0.4, -0.2) is 82.2 Å². The van der Waals surface area contributed by atoms with Gasteiger partial charge < -0.3 is 45.1 Å². The number of benzene rings is 1. The van der Waals surface area contributed by atoms with Crippen molar-refractivity contribution in [2.75, 3.05) is 13.2 Å². The van der Waals surface area contributed by atoms with Crippen LogP contribution >= 0.6 is 0 Å². The molecule has 1 aliphatic heterocycles. The molecular formula is C20H27NO11. The fourth-order valence-corrected chi connectivity index (χ4v) is 2.89. The van der Waals surface area contributed by atoms with Gasteiger partial charge in [0.05, 0.1) is 12.8 Å². The maximum Gasteiger partial charge on any atom is 0.311 e. The fourth-order valence-electron chi connectivity index (χ4n) is 2.89. The van der Waals surface area contributed by atoms with E-state index < -0.39 is 55.2 Å². The van der Waals surface area contributed by atoms with E-state index in [1.807, 2.05) is 0 Å². The summed E-state index contributed by atoms with van der Waals surface area (Å²) in [5.41, 5.74) is 6.28. The van der Waals surface area contributed by atoms with Crippen molar-refractivity contribution in [2.24, 2.45) is 5.73 Å². The van der Waals surface area contributed by atoms with E-state index in [0.717, 1.165) is 5.56 Å². The number of esters is 3. The number of carbonyl (C=O) groups excluding carboxylic acids is 3. The second-order valence-corrected chi connectivity index (χ2v) is 7.11. The van der Waals surface area contributed by atoms with E-state index in [0.29, 0.717) is 13.0 Å². The summed E-state index contributed by atoms with van der Waals surface area (Å²) >= 11 is 0. The van der Waals surface area contributed by atoms with Gasteiger partial charge in [-0.15, -0.1) is 0 Å². The van der Waals surface area contributed by atoms with Gasteiger partial charge in [0, 0.05) is 6.92 Å². The van der Waals surface area contributed by atoms with E-state index >= 15 is 0 Å². The molecule has 1 aromatic rings. The van der Waals surface area contributed by atoms with Gasteiger partial charge in [-0.25, -0.2) is 0 Å². The maximum atomic E-state index is 12.1. The highest BCUT2D eigenvalue weighted by atomic mass is 16.7. The van der Waals surface area contributed by atoms with E-state index in [-0.39, 0.29) is 24.3 Å². The predicted molar refractivity (Wildman–Crippen MR) is 105 cm³/mol. The van der Waals surface area contributed by atoms with Crippen LogP contribution in [-0.2, 0) is 30.3 Å². The first-order valence-electron chi connectivity index (χ1n) is 9.87. The Hall–Kier alpha value is -2.61. The van der Waals surface area contributed by atoms with Crippen LogP contribution in [0.4, 0.5) is 0 Å². The molecular weight excluding hydrogens is 430 g/mol. The van der Waals surface area contributed by atoms with E-state index in [9.17, 15) is 34.8 Å². The van der Waals surface area contributed by atoms with Gasteiger partial charge >= 0.3 is 17.9 Å². The van der Waals surface area contributed by atoms with Crippen LogP contribution < -0.4 is 15.2 Å². The largest absolute Gasteiger partial charge is 0.463 e. The Bertz CT molecular complexity index is 815. The highest BCUT2D eigenvalue weighted by molar-refractivity contribution is 5.80. The average molecular weight is 457 g/mol. The Labute approximate surface area is 183 Å². The van der Waals surface area contributed by atoms with E-state index in [4.69, 9.17) is 24.7 Å². The van der Waals surface area contributed by atoms with Crippen LogP contribution in [0.25, 0.3) is 0 Å². The number of aliphatic hydroxyl groups excluding tert-OH is 4. The predicted octanol–water partition coefficient (Wildman–Crippen LogP) is -1.86. The summed E-state index contributed by atoms with van der Waals surface area (Å²) in [6, 6.07) is 4.64. The monoisotopic (exact) mass is 457 g/mol. The summed E-state index contributed by atoms with van der Waals surface area (Å²) in [5, 5.41) is 38.3. The van der Waals surface area contributed by atoms with E-state index in [1.165, 1.54) is 19.1 Å². The van der Waals surface area contributed by atoms with E-state index in [1.54, 1.807) is 6.07 Å². The second-order valence-electron chi connectivity index (χ2n) is 7.11. The summed E-state index contributed by atoms with van der Waals surface area (Å²) in [5.74, 6) is -2.18. The molecule has 0 amide bonds. The molecule has 5 atom stereocenters. The molecule has 0 aliphatic carbocycles. The number of hydrogen-bond donors (Lipinski definition) is 5. The topological polar surface area (TPSA) is 195 Å². The van der Waals surface area contributed by atoms with Crippen molar-refractivity contribution in [3.05, 3.63) is 23.8 Å². The molecule has 1 fully saturated rings. The molecule has 0 spiro atoms. The van der Waals surface area contributed by atoms with Crippen LogP contribution in [0.2, 0.25) is 0 Å². The zero-order chi connectivity index (χ0) is 23.8. The van der Waals surface area contributed by atoms with Gasteiger partial charge in [0.2, 0.25) is 0 Å². The Morgan fingerprint density at radius 3 is 2.31 bits per heavy atom. The first kappa shape index (κ1) is 25.6. The normalized spacial score (nSPS) is 25.1. The highest BCUT2D eigenvalue weighted by Crippen LogP contribution is 2.29. The molecule has 6 N–H and O–H groups in total. The molecule has 2 rings (SSSR count). The Morgan fingerprint density at radius 1 is 0.969 bits per heavy atom. The Kier molecular flexibility index (Phi) is 9.50.